The van der Waals surface area contributed by atoms with E-state index in [9.17, 15) is 5.11 Å². The van der Waals surface area contributed by atoms with Gasteiger partial charge in [-0.05, 0) is 56.5 Å². The number of nitrogens with zero attached hydrogens (tertiary/aromatic N) is 1. The standard InChI is InChI=1S/C15H23NO2/c1-16-9-3-4-13(11-17)15(16)10-12-5-7-14(18-2)8-6-12/h5-8,13,15,17H,3-4,9-11H2,1-2H3. The van der Waals surface area contributed by atoms with Crippen LogP contribution in [0, 0.1) is 5.92 Å². The lowest BCUT2D eigenvalue weighted by Gasteiger charge is -2.38. The van der Waals surface area contributed by atoms with Gasteiger partial charge in [-0.2, -0.15) is 0 Å². The van der Waals surface area contributed by atoms with Crippen molar-refractivity contribution in [2.75, 3.05) is 27.3 Å². The first-order valence-electron chi connectivity index (χ1n) is 6.68. The van der Waals surface area contributed by atoms with Crippen LogP contribution in [0.15, 0.2) is 24.3 Å². The Morgan fingerprint density at radius 3 is 2.67 bits per heavy atom. The number of rotatable bonds is 4. The molecule has 0 amide bonds. The van der Waals surface area contributed by atoms with Crippen molar-refractivity contribution in [1.29, 1.82) is 0 Å². The zero-order valence-electron chi connectivity index (χ0n) is 11.3. The molecule has 1 fully saturated rings. The Balaban J connectivity index is 2.05. The number of likely N-dealkylation sites (N-methyl/N-ethyl adjacent to an activating group) is 1. The molecule has 0 aliphatic carbocycles. The molecule has 3 nitrogen and oxygen atoms in total. The van der Waals surface area contributed by atoms with E-state index in [2.05, 4.69) is 24.1 Å². The predicted octanol–water partition coefficient (Wildman–Crippen LogP) is 1.94. The third-order valence-electron chi connectivity index (χ3n) is 4.03. The largest absolute Gasteiger partial charge is 0.497 e. The van der Waals surface area contributed by atoms with Crippen LogP contribution in [0.3, 0.4) is 0 Å². The normalized spacial score (nSPS) is 25.1. The fourth-order valence-corrected chi connectivity index (χ4v) is 2.86. The summed E-state index contributed by atoms with van der Waals surface area (Å²) in [5.74, 6) is 1.31. The van der Waals surface area contributed by atoms with E-state index in [1.165, 1.54) is 12.0 Å². The lowest BCUT2D eigenvalue weighted by Crippen LogP contribution is -2.45. The van der Waals surface area contributed by atoms with Gasteiger partial charge in [-0.1, -0.05) is 12.1 Å². The highest BCUT2D eigenvalue weighted by Crippen LogP contribution is 2.25. The summed E-state index contributed by atoms with van der Waals surface area (Å²) < 4.78 is 5.17. The molecule has 1 saturated heterocycles. The highest BCUT2D eigenvalue weighted by Gasteiger charge is 2.28. The minimum Gasteiger partial charge on any atom is -0.497 e. The molecule has 0 radical (unpaired) electrons. The highest BCUT2D eigenvalue weighted by molar-refractivity contribution is 5.27. The summed E-state index contributed by atoms with van der Waals surface area (Å²) in [6.45, 7) is 1.43. The predicted molar refractivity (Wildman–Crippen MR) is 72.9 cm³/mol. The first-order valence-corrected chi connectivity index (χ1v) is 6.68. The van der Waals surface area contributed by atoms with E-state index >= 15 is 0 Å². The van der Waals surface area contributed by atoms with E-state index in [0.717, 1.165) is 25.1 Å². The molecule has 18 heavy (non-hydrogen) atoms. The molecule has 3 heteroatoms. The molecular formula is C15H23NO2. The Bertz CT molecular complexity index is 363. The lowest BCUT2D eigenvalue weighted by atomic mass is 9.86. The van der Waals surface area contributed by atoms with Crippen molar-refractivity contribution in [2.45, 2.75) is 25.3 Å². The Labute approximate surface area is 109 Å². The number of benzene rings is 1. The van der Waals surface area contributed by atoms with Crippen molar-refractivity contribution in [1.82, 2.24) is 4.90 Å². The number of piperidine rings is 1. The highest BCUT2D eigenvalue weighted by atomic mass is 16.5. The maximum Gasteiger partial charge on any atom is 0.118 e. The van der Waals surface area contributed by atoms with Crippen molar-refractivity contribution in [3.8, 4) is 5.75 Å². The first-order chi connectivity index (χ1) is 8.74. The molecule has 1 N–H and O–H groups in total. The van der Waals surface area contributed by atoms with Gasteiger partial charge in [0.1, 0.15) is 5.75 Å². The molecule has 1 aliphatic rings. The van der Waals surface area contributed by atoms with E-state index in [0.29, 0.717) is 18.6 Å². The number of ether oxygens (including phenoxy) is 1. The van der Waals surface area contributed by atoms with Crippen molar-refractivity contribution < 1.29 is 9.84 Å². The molecular weight excluding hydrogens is 226 g/mol. The minimum atomic E-state index is 0.297. The van der Waals surface area contributed by atoms with Crippen LogP contribution in [-0.4, -0.2) is 43.4 Å². The van der Waals surface area contributed by atoms with E-state index < -0.39 is 0 Å². The van der Waals surface area contributed by atoms with E-state index in [1.807, 2.05) is 12.1 Å². The monoisotopic (exact) mass is 249 g/mol. The maximum atomic E-state index is 9.49. The average molecular weight is 249 g/mol. The first kappa shape index (κ1) is 13.4. The van der Waals surface area contributed by atoms with Crippen LogP contribution in [0.2, 0.25) is 0 Å². The van der Waals surface area contributed by atoms with Gasteiger partial charge in [-0.25, -0.2) is 0 Å². The maximum absolute atomic E-state index is 9.49. The number of methoxy groups -OCH3 is 1. The van der Waals surface area contributed by atoms with Crippen LogP contribution in [0.5, 0.6) is 5.75 Å². The summed E-state index contributed by atoms with van der Waals surface area (Å²) in [7, 11) is 3.85. The molecule has 0 saturated carbocycles. The molecule has 1 aromatic rings. The van der Waals surface area contributed by atoms with Gasteiger partial charge in [-0.3, -0.25) is 0 Å². The van der Waals surface area contributed by atoms with Crippen LogP contribution in [0.1, 0.15) is 18.4 Å². The molecule has 2 unspecified atom stereocenters. The van der Waals surface area contributed by atoms with Crippen LogP contribution in [-0.2, 0) is 6.42 Å². The Morgan fingerprint density at radius 1 is 1.33 bits per heavy atom. The second-order valence-electron chi connectivity index (χ2n) is 5.19. The number of hydrogen-bond donors (Lipinski definition) is 1. The summed E-state index contributed by atoms with van der Waals surface area (Å²) in [6.07, 6.45) is 3.34. The van der Waals surface area contributed by atoms with Gasteiger partial charge in [-0.15, -0.1) is 0 Å². The lowest BCUT2D eigenvalue weighted by molar-refractivity contribution is 0.0746. The average Bonchev–Trinajstić information content (AvgIpc) is 2.42. The van der Waals surface area contributed by atoms with Gasteiger partial charge in [0.15, 0.2) is 0 Å². The number of aliphatic hydroxyl groups is 1. The molecule has 0 spiro atoms. The second kappa shape index (κ2) is 6.21. The van der Waals surface area contributed by atoms with Gasteiger partial charge in [0.25, 0.3) is 0 Å². The molecule has 0 aromatic heterocycles. The Morgan fingerprint density at radius 2 is 2.06 bits per heavy atom. The van der Waals surface area contributed by atoms with Gasteiger partial charge in [0.05, 0.1) is 7.11 Å². The number of likely N-dealkylation sites (tertiary alicyclic amines) is 1. The van der Waals surface area contributed by atoms with Crippen LogP contribution in [0.25, 0.3) is 0 Å². The molecule has 1 heterocycles. The molecule has 1 aliphatic heterocycles. The summed E-state index contributed by atoms with van der Waals surface area (Å²) in [4.78, 5) is 2.38. The summed E-state index contributed by atoms with van der Waals surface area (Å²) >= 11 is 0. The van der Waals surface area contributed by atoms with Crippen molar-refractivity contribution >= 4 is 0 Å². The third kappa shape index (κ3) is 3.03. The fourth-order valence-electron chi connectivity index (χ4n) is 2.86. The zero-order valence-corrected chi connectivity index (χ0v) is 11.3. The zero-order chi connectivity index (χ0) is 13.0. The second-order valence-corrected chi connectivity index (χ2v) is 5.19. The summed E-state index contributed by atoms with van der Waals surface area (Å²) in [6, 6.07) is 8.71. The van der Waals surface area contributed by atoms with Crippen LogP contribution < -0.4 is 4.74 Å². The molecule has 1 aromatic carbocycles. The summed E-state index contributed by atoms with van der Waals surface area (Å²) in [5, 5.41) is 9.49. The van der Waals surface area contributed by atoms with Crippen molar-refractivity contribution in [3.63, 3.8) is 0 Å². The van der Waals surface area contributed by atoms with E-state index in [4.69, 9.17) is 4.74 Å². The van der Waals surface area contributed by atoms with Crippen molar-refractivity contribution in [2.24, 2.45) is 5.92 Å². The quantitative estimate of drug-likeness (QED) is 0.885. The van der Waals surface area contributed by atoms with Gasteiger partial charge >= 0.3 is 0 Å². The molecule has 2 rings (SSSR count). The smallest absolute Gasteiger partial charge is 0.118 e. The molecule has 0 bridgehead atoms. The molecule has 2 atom stereocenters. The molecule has 100 valence electrons. The van der Waals surface area contributed by atoms with Crippen LogP contribution >= 0.6 is 0 Å². The van der Waals surface area contributed by atoms with E-state index in [1.54, 1.807) is 7.11 Å². The van der Waals surface area contributed by atoms with E-state index in [-0.39, 0.29) is 0 Å². The minimum absolute atomic E-state index is 0.297. The third-order valence-corrected chi connectivity index (χ3v) is 4.03. The van der Waals surface area contributed by atoms with Gasteiger partial charge < -0.3 is 14.7 Å². The van der Waals surface area contributed by atoms with Crippen LogP contribution in [0.4, 0.5) is 0 Å². The Hall–Kier alpha value is -1.06. The Kier molecular flexibility index (Phi) is 4.61. The summed E-state index contributed by atoms with van der Waals surface area (Å²) in [5.41, 5.74) is 1.31. The van der Waals surface area contributed by atoms with Gasteiger partial charge in [0.2, 0.25) is 0 Å². The number of hydrogen-bond acceptors (Lipinski definition) is 3. The topological polar surface area (TPSA) is 32.7 Å². The van der Waals surface area contributed by atoms with Crippen molar-refractivity contribution in [3.05, 3.63) is 29.8 Å². The fraction of sp³-hybridized carbons (Fsp3) is 0.600. The van der Waals surface area contributed by atoms with Gasteiger partial charge in [0, 0.05) is 12.6 Å². The SMILES string of the molecule is COc1ccc(CC2C(CO)CCCN2C)cc1. The number of aliphatic hydroxyl groups excluding tert-OH is 1.